The molecule has 0 saturated carbocycles. The number of rotatable bonds is 7. The van der Waals surface area contributed by atoms with Gasteiger partial charge < -0.3 is 0 Å². The second kappa shape index (κ2) is 7.16. The zero-order chi connectivity index (χ0) is 12.8. The molecule has 17 heavy (non-hydrogen) atoms. The predicted octanol–water partition coefficient (Wildman–Crippen LogP) is 2.59. The second-order valence-corrected chi connectivity index (χ2v) is 5.78. The third kappa shape index (κ3) is 4.10. The number of nitrogens with zero attached hydrogens (tertiary/aromatic N) is 2. The van der Waals surface area contributed by atoms with Crippen molar-refractivity contribution in [3.05, 3.63) is 10.5 Å². The molecule has 6 heteroatoms. The third-order valence-electron chi connectivity index (χ3n) is 2.59. The Kier molecular flexibility index (Phi) is 6.19. The van der Waals surface area contributed by atoms with Crippen LogP contribution in [0.2, 0.25) is 0 Å². The molecule has 0 aromatic carbocycles. The summed E-state index contributed by atoms with van der Waals surface area (Å²) in [4.78, 5) is 11.5. The lowest BCUT2D eigenvalue weighted by molar-refractivity contribution is 0.532. The lowest BCUT2D eigenvalue weighted by atomic mass is 10.1. The second-order valence-electron chi connectivity index (χ2n) is 4.42. The Morgan fingerprint density at radius 1 is 1.53 bits per heavy atom. The summed E-state index contributed by atoms with van der Waals surface area (Å²) < 4.78 is 1.70. The minimum Gasteiger partial charge on any atom is -0.268 e. The molecule has 1 rings (SSSR count). The normalized spacial score (nSPS) is 13.2. The first-order valence-electron chi connectivity index (χ1n) is 6.00. The summed E-state index contributed by atoms with van der Waals surface area (Å²) in [5.41, 5.74) is -0.125. The SMILES string of the molecule is CCCC(CS)CSc1n[nH]c(=O)n1C(C)C. The van der Waals surface area contributed by atoms with Gasteiger partial charge in [-0.2, -0.15) is 12.6 Å². The van der Waals surface area contributed by atoms with Gasteiger partial charge in [0.05, 0.1) is 0 Å². The Bertz CT molecular complexity index is 386. The van der Waals surface area contributed by atoms with Gasteiger partial charge in [-0.15, -0.1) is 5.10 Å². The van der Waals surface area contributed by atoms with Crippen molar-refractivity contribution in [2.75, 3.05) is 11.5 Å². The molecular formula is C11H21N3OS2. The van der Waals surface area contributed by atoms with E-state index in [2.05, 4.69) is 29.7 Å². The maximum atomic E-state index is 11.5. The molecule has 98 valence electrons. The van der Waals surface area contributed by atoms with Crippen molar-refractivity contribution in [1.82, 2.24) is 14.8 Å². The summed E-state index contributed by atoms with van der Waals surface area (Å²) >= 11 is 6.00. The Morgan fingerprint density at radius 3 is 2.76 bits per heavy atom. The molecule has 0 saturated heterocycles. The van der Waals surface area contributed by atoms with Crippen LogP contribution in [0.4, 0.5) is 0 Å². The van der Waals surface area contributed by atoms with Crippen molar-refractivity contribution in [3.8, 4) is 0 Å². The van der Waals surface area contributed by atoms with Crippen LogP contribution in [0, 0.1) is 5.92 Å². The first-order chi connectivity index (χ1) is 8.10. The molecule has 0 aliphatic rings. The smallest absolute Gasteiger partial charge is 0.268 e. The molecule has 4 nitrogen and oxygen atoms in total. The average Bonchev–Trinajstić information content (AvgIpc) is 2.65. The summed E-state index contributed by atoms with van der Waals surface area (Å²) in [5, 5.41) is 7.36. The van der Waals surface area contributed by atoms with Gasteiger partial charge in [0, 0.05) is 11.8 Å². The summed E-state index contributed by atoms with van der Waals surface area (Å²) in [6.07, 6.45) is 2.34. The van der Waals surface area contributed by atoms with E-state index in [-0.39, 0.29) is 11.7 Å². The number of thioether (sulfide) groups is 1. The monoisotopic (exact) mass is 275 g/mol. The van der Waals surface area contributed by atoms with Crippen LogP contribution in [-0.4, -0.2) is 26.3 Å². The highest BCUT2D eigenvalue weighted by Gasteiger charge is 2.14. The Balaban J connectivity index is 2.65. The Hall–Kier alpha value is -0.360. The highest BCUT2D eigenvalue weighted by Crippen LogP contribution is 2.22. The van der Waals surface area contributed by atoms with Crippen molar-refractivity contribution in [1.29, 1.82) is 0 Å². The topological polar surface area (TPSA) is 50.7 Å². The zero-order valence-corrected chi connectivity index (χ0v) is 12.4. The Labute approximate surface area is 112 Å². The van der Waals surface area contributed by atoms with Gasteiger partial charge in [-0.05, 0) is 31.9 Å². The number of thiol groups is 1. The van der Waals surface area contributed by atoms with Crippen molar-refractivity contribution >= 4 is 24.4 Å². The van der Waals surface area contributed by atoms with Crippen LogP contribution in [0.1, 0.15) is 39.7 Å². The van der Waals surface area contributed by atoms with Gasteiger partial charge in [-0.3, -0.25) is 4.57 Å². The van der Waals surface area contributed by atoms with E-state index < -0.39 is 0 Å². The minimum atomic E-state index is -0.125. The number of nitrogens with one attached hydrogen (secondary N) is 1. The lowest BCUT2D eigenvalue weighted by Gasteiger charge is -2.13. The quantitative estimate of drug-likeness (QED) is 0.594. The van der Waals surface area contributed by atoms with Crippen molar-refractivity contribution in [3.63, 3.8) is 0 Å². The van der Waals surface area contributed by atoms with Crippen LogP contribution >= 0.6 is 24.4 Å². The molecule has 0 aliphatic heterocycles. The van der Waals surface area contributed by atoms with Gasteiger partial charge >= 0.3 is 5.69 Å². The summed E-state index contributed by atoms with van der Waals surface area (Å²) in [6.45, 7) is 6.16. The van der Waals surface area contributed by atoms with Gasteiger partial charge in [0.15, 0.2) is 5.16 Å². The van der Waals surface area contributed by atoms with Crippen LogP contribution in [0.15, 0.2) is 9.95 Å². The van der Waals surface area contributed by atoms with E-state index in [4.69, 9.17) is 0 Å². The van der Waals surface area contributed by atoms with E-state index in [0.29, 0.717) is 5.92 Å². The largest absolute Gasteiger partial charge is 0.344 e. The van der Waals surface area contributed by atoms with E-state index in [1.54, 1.807) is 16.3 Å². The van der Waals surface area contributed by atoms with Crippen molar-refractivity contribution < 1.29 is 0 Å². The first-order valence-corrected chi connectivity index (χ1v) is 7.62. The van der Waals surface area contributed by atoms with Gasteiger partial charge in [-0.1, -0.05) is 25.1 Å². The Morgan fingerprint density at radius 2 is 2.24 bits per heavy atom. The molecule has 1 aromatic heterocycles. The summed E-state index contributed by atoms with van der Waals surface area (Å²) in [5.74, 6) is 2.44. The third-order valence-corrected chi connectivity index (χ3v) is 4.29. The fourth-order valence-electron chi connectivity index (χ4n) is 1.68. The molecule has 0 bridgehead atoms. The fraction of sp³-hybridized carbons (Fsp3) is 0.818. The van der Waals surface area contributed by atoms with E-state index in [0.717, 1.165) is 16.7 Å². The van der Waals surface area contributed by atoms with Gasteiger partial charge in [-0.25, -0.2) is 9.89 Å². The minimum absolute atomic E-state index is 0.125. The lowest BCUT2D eigenvalue weighted by Crippen LogP contribution is -2.19. The van der Waals surface area contributed by atoms with Crippen LogP contribution in [-0.2, 0) is 0 Å². The van der Waals surface area contributed by atoms with Crippen molar-refractivity contribution in [2.24, 2.45) is 5.92 Å². The maximum Gasteiger partial charge on any atom is 0.344 e. The highest BCUT2D eigenvalue weighted by atomic mass is 32.2. The molecule has 0 aliphatic carbocycles. The van der Waals surface area contributed by atoms with Crippen molar-refractivity contribution in [2.45, 2.75) is 44.8 Å². The van der Waals surface area contributed by atoms with Gasteiger partial charge in [0.2, 0.25) is 0 Å². The predicted molar refractivity (Wildman–Crippen MR) is 76.2 cm³/mol. The van der Waals surface area contributed by atoms with Crippen LogP contribution in [0.5, 0.6) is 0 Å². The van der Waals surface area contributed by atoms with Crippen LogP contribution in [0.3, 0.4) is 0 Å². The van der Waals surface area contributed by atoms with E-state index >= 15 is 0 Å². The molecule has 1 aromatic rings. The number of hydrogen-bond acceptors (Lipinski definition) is 4. The fourth-order valence-corrected chi connectivity index (χ4v) is 3.37. The molecule has 0 radical (unpaired) electrons. The van der Waals surface area contributed by atoms with E-state index in [1.165, 1.54) is 12.8 Å². The average molecular weight is 275 g/mol. The standard InChI is InChI=1S/C11H21N3OS2/c1-4-5-9(6-16)7-17-11-13-12-10(15)14(11)8(2)3/h8-9,16H,4-7H2,1-3H3,(H,12,15). The molecular weight excluding hydrogens is 254 g/mol. The molecule has 1 unspecified atom stereocenters. The maximum absolute atomic E-state index is 11.5. The molecule has 1 heterocycles. The molecule has 0 spiro atoms. The van der Waals surface area contributed by atoms with Crippen LogP contribution in [0.25, 0.3) is 0 Å². The van der Waals surface area contributed by atoms with Gasteiger partial charge in [0.25, 0.3) is 0 Å². The molecule has 1 N–H and O–H groups in total. The number of aromatic amines is 1. The zero-order valence-electron chi connectivity index (χ0n) is 10.6. The highest BCUT2D eigenvalue weighted by molar-refractivity contribution is 7.99. The van der Waals surface area contributed by atoms with E-state index in [9.17, 15) is 4.79 Å². The number of H-pyrrole nitrogens is 1. The number of hydrogen-bond donors (Lipinski definition) is 2. The van der Waals surface area contributed by atoms with E-state index in [1.807, 2.05) is 13.8 Å². The van der Waals surface area contributed by atoms with Crippen LogP contribution < -0.4 is 5.69 Å². The number of aromatic nitrogens is 3. The summed E-state index contributed by atoms with van der Waals surface area (Å²) in [7, 11) is 0. The molecule has 0 amide bonds. The summed E-state index contributed by atoms with van der Waals surface area (Å²) in [6, 6.07) is 0.143. The first kappa shape index (κ1) is 14.7. The van der Waals surface area contributed by atoms with Gasteiger partial charge in [0.1, 0.15) is 0 Å². The molecule has 1 atom stereocenters. The molecule has 0 fully saturated rings.